The Bertz CT molecular complexity index is 1250. The number of ether oxygens (including phenoxy) is 1. The highest BCUT2D eigenvalue weighted by Gasteiger charge is 2.26. The van der Waals surface area contributed by atoms with E-state index in [0.717, 1.165) is 56.0 Å². The minimum Gasteiger partial charge on any atom is -0.491 e. The maximum Gasteiger partial charge on any atom is 0.229 e. The van der Waals surface area contributed by atoms with Crippen LogP contribution in [0.2, 0.25) is 5.02 Å². The Morgan fingerprint density at radius 1 is 1.14 bits per heavy atom. The number of nitrogens with one attached hydrogen (secondary N) is 2. The second-order valence-corrected chi connectivity index (χ2v) is 12.1. The van der Waals surface area contributed by atoms with Crippen LogP contribution in [-0.4, -0.2) is 72.9 Å². The lowest BCUT2D eigenvalue weighted by atomic mass is 10.0. The Kier molecular flexibility index (Phi) is 7.58. The van der Waals surface area contributed by atoms with Gasteiger partial charge in [0.1, 0.15) is 16.5 Å². The molecule has 2 aromatic carbocycles. The van der Waals surface area contributed by atoms with Crippen LogP contribution in [0.25, 0.3) is 0 Å². The third-order valence-corrected chi connectivity index (χ3v) is 8.27. The van der Waals surface area contributed by atoms with Crippen molar-refractivity contribution in [3.8, 4) is 5.75 Å². The Hall–Kier alpha value is -2.51. The Balaban J connectivity index is 1.40. The molecular weight excluding hydrogens is 498 g/mol. The summed E-state index contributed by atoms with van der Waals surface area (Å²) in [5, 5.41) is 7.99. The van der Waals surface area contributed by atoms with Gasteiger partial charge in [0.05, 0.1) is 12.8 Å². The van der Waals surface area contributed by atoms with Gasteiger partial charge < -0.3 is 20.3 Å². The molecule has 7 nitrogen and oxygen atoms in total. The normalized spacial score (nSPS) is 16.2. The third kappa shape index (κ3) is 5.42. The number of aromatic nitrogens is 2. The Morgan fingerprint density at radius 3 is 2.69 bits per heavy atom. The molecule has 5 rings (SSSR count). The first-order chi connectivity index (χ1) is 17.4. The molecule has 0 radical (unpaired) electrons. The minimum atomic E-state index is -0.374. The fraction of sp³-hybridized carbons (Fsp3) is 0.385. The smallest absolute Gasteiger partial charge is 0.229 e. The number of benzene rings is 2. The number of likely N-dealkylation sites (N-methyl/N-ethyl adjacent to an activating group) is 1. The zero-order valence-corrected chi connectivity index (χ0v) is 22.5. The van der Waals surface area contributed by atoms with Crippen LogP contribution in [0, 0.1) is 5.82 Å². The molecule has 3 aromatic rings. The van der Waals surface area contributed by atoms with Crippen LogP contribution in [0.5, 0.6) is 5.75 Å². The summed E-state index contributed by atoms with van der Waals surface area (Å²) in [6.07, 6.45) is 2.28. The molecule has 2 aliphatic rings. The molecule has 190 valence electrons. The van der Waals surface area contributed by atoms with Crippen molar-refractivity contribution < 1.29 is 9.13 Å². The number of para-hydroxylation sites is 1. The zero-order chi connectivity index (χ0) is 25.2. The van der Waals surface area contributed by atoms with Gasteiger partial charge >= 0.3 is 0 Å². The van der Waals surface area contributed by atoms with E-state index in [4.69, 9.17) is 16.3 Å². The van der Waals surface area contributed by atoms with Crippen molar-refractivity contribution in [1.29, 1.82) is 0 Å². The Labute approximate surface area is 217 Å². The molecule has 10 heteroatoms. The first kappa shape index (κ1) is 25.2. The fourth-order valence-corrected chi connectivity index (χ4v) is 5.77. The van der Waals surface area contributed by atoms with E-state index in [9.17, 15) is 0 Å². The van der Waals surface area contributed by atoms with E-state index in [0.29, 0.717) is 23.2 Å². The van der Waals surface area contributed by atoms with Crippen molar-refractivity contribution in [2.24, 2.45) is 0 Å². The predicted octanol–water partition coefficient (Wildman–Crippen LogP) is 4.81. The molecular formula is C26H31ClFN6OP. The number of hydrogen-bond acceptors (Lipinski definition) is 7. The largest absolute Gasteiger partial charge is 0.491 e. The summed E-state index contributed by atoms with van der Waals surface area (Å²) in [6, 6.07) is 9.72. The van der Waals surface area contributed by atoms with Gasteiger partial charge in [0.2, 0.25) is 5.95 Å². The van der Waals surface area contributed by atoms with Gasteiger partial charge in [0, 0.05) is 50.4 Å². The molecule has 0 atom stereocenters. The number of nitrogens with zero attached hydrogens (tertiary/aromatic N) is 4. The molecule has 1 aromatic heterocycles. The van der Waals surface area contributed by atoms with Gasteiger partial charge in [0.15, 0.2) is 11.6 Å². The van der Waals surface area contributed by atoms with Crippen molar-refractivity contribution in [3.05, 3.63) is 58.5 Å². The lowest BCUT2D eigenvalue weighted by Gasteiger charge is -2.32. The van der Waals surface area contributed by atoms with Gasteiger partial charge in [-0.3, -0.25) is 4.90 Å². The molecule has 3 heterocycles. The summed E-state index contributed by atoms with van der Waals surface area (Å²) < 4.78 is 21.3. The molecule has 2 aliphatic heterocycles. The summed E-state index contributed by atoms with van der Waals surface area (Å²) in [5.41, 5.74) is 3.26. The Morgan fingerprint density at radius 2 is 1.92 bits per heavy atom. The average Bonchev–Trinajstić information content (AvgIpc) is 3.35. The van der Waals surface area contributed by atoms with E-state index in [1.807, 2.05) is 18.2 Å². The van der Waals surface area contributed by atoms with E-state index in [1.54, 1.807) is 6.07 Å². The summed E-state index contributed by atoms with van der Waals surface area (Å²) in [7, 11) is 1.81. The van der Waals surface area contributed by atoms with Crippen LogP contribution in [0.1, 0.15) is 11.1 Å². The number of halogens is 2. The molecule has 36 heavy (non-hydrogen) atoms. The molecule has 1 saturated heterocycles. The van der Waals surface area contributed by atoms with Crippen molar-refractivity contribution in [2.75, 3.05) is 63.8 Å². The lowest BCUT2D eigenvalue weighted by molar-refractivity contribution is 0.148. The van der Waals surface area contributed by atoms with E-state index in [1.165, 1.54) is 11.5 Å². The molecule has 2 N–H and O–H groups in total. The first-order valence-corrected chi connectivity index (χ1v) is 14.7. The molecule has 0 aliphatic carbocycles. The van der Waals surface area contributed by atoms with Crippen LogP contribution in [-0.2, 0) is 13.0 Å². The SMILES string of the molecule is CN1CCN(Cc2cc(F)c(Nc3ncc(Cl)c(Nc4ccccc4P(C)C)n3)c3c2CCO3)CC1. The maximum atomic E-state index is 15.4. The number of rotatable bonds is 7. The van der Waals surface area contributed by atoms with Gasteiger partial charge in [-0.05, 0) is 43.4 Å². The van der Waals surface area contributed by atoms with Crippen molar-refractivity contribution >= 4 is 48.0 Å². The lowest BCUT2D eigenvalue weighted by Crippen LogP contribution is -2.44. The van der Waals surface area contributed by atoms with Crippen molar-refractivity contribution in [1.82, 2.24) is 19.8 Å². The summed E-state index contributed by atoms with van der Waals surface area (Å²) in [4.78, 5) is 13.5. The van der Waals surface area contributed by atoms with Crippen LogP contribution in [0.15, 0.2) is 36.5 Å². The standard InChI is InChI=1S/C26H31ClFN6OP/c1-33-9-11-34(12-10-33)16-17-14-20(28)23(24-18(17)8-13-35-24)31-26-29-15-19(27)25(32-26)30-21-6-4-5-7-22(21)36(2)3/h4-7,14-15H,8-13,16H2,1-3H3,(H2,29,30,31,32). The second kappa shape index (κ2) is 10.9. The van der Waals surface area contributed by atoms with Gasteiger partial charge in [-0.1, -0.05) is 37.7 Å². The van der Waals surface area contributed by atoms with Gasteiger partial charge in [0.25, 0.3) is 0 Å². The van der Waals surface area contributed by atoms with Crippen molar-refractivity contribution in [2.45, 2.75) is 13.0 Å². The van der Waals surface area contributed by atoms with Gasteiger partial charge in [-0.2, -0.15) is 4.98 Å². The molecule has 0 bridgehead atoms. The summed E-state index contributed by atoms with van der Waals surface area (Å²) in [5.74, 6) is 0.891. The van der Waals surface area contributed by atoms with E-state index in [-0.39, 0.29) is 25.4 Å². The zero-order valence-electron chi connectivity index (χ0n) is 20.8. The highest BCUT2D eigenvalue weighted by atomic mass is 35.5. The molecule has 0 saturated carbocycles. The number of fused-ring (bicyclic) bond motifs is 1. The highest BCUT2D eigenvalue weighted by molar-refractivity contribution is 7.64. The van der Waals surface area contributed by atoms with E-state index >= 15 is 4.39 Å². The minimum absolute atomic E-state index is 0.248. The van der Waals surface area contributed by atoms with E-state index < -0.39 is 0 Å². The van der Waals surface area contributed by atoms with Crippen LogP contribution >= 0.6 is 19.5 Å². The molecule has 1 fully saturated rings. The average molecular weight is 529 g/mol. The van der Waals surface area contributed by atoms with Crippen LogP contribution in [0.4, 0.5) is 27.5 Å². The quantitative estimate of drug-likeness (QED) is 0.427. The van der Waals surface area contributed by atoms with Crippen molar-refractivity contribution in [3.63, 3.8) is 0 Å². The summed E-state index contributed by atoms with van der Waals surface area (Å²) in [6.45, 7) is 9.64. The molecule has 0 amide bonds. The second-order valence-electron chi connectivity index (χ2n) is 9.43. The topological polar surface area (TPSA) is 65.5 Å². The van der Waals surface area contributed by atoms with Gasteiger partial charge in [-0.25, -0.2) is 9.37 Å². The molecule has 0 spiro atoms. The third-order valence-electron chi connectivity index (χ3n) is 6.64. The predicted molar refractivity (Wildman–Crippen MR) is 147 cm³/mol. The fourth-order valence-electron chi connectivity index (χ4n) is 4.63. The molecule has 0 unspecified atom stereocenters. The monoisotopic (exact) mass is 528 g/mol. The van der Waals surface area contributed by atoms with Crippen LogP contribution < -0.4 is 20.7 Å². The maximum absolute atomic E-state index is 15.4. The number of hydrogen-bond donors (Lipinski definition) is 2. The number of anilines is 4. The van der Waals surface area contributed by atoms with E-state index in [2.05, 4.69) is 56.8 Å². The number of piperazine rings is 1. The van der Waals surface area contributed by atoms with Crippen LogP contribution in [0.3, 0.4) is 0 Å². The highest BCUT2D eigenvalue weighted by Crippen LogP contribution is 2.40. The first-order valence-electron chi connectivity index (χ1n) is 12.1. The van der Waals surface area contributed by atoms with Gasteiger partial charge in [-0.15, -0.1) is 0 Å². The summed E-state index contributed by atoms with van der Waals surface area (Å²) >= 11 is 6.41.